The first-order valence-corrected chi connectivity index (χ1v) is 6.80. The van der Waals surface area contributed by atoms with Crippen LogP contribution in [0.4, 0.5) is 18.9 Å². The van der Waals surface area contributed by atoms with Crippen LogP contribution in [0.3, 0.4) is 0 Å². The number of aromatic nitrogens is 3. The normalized spacial score (nSPS) is 13.7. The molecule has 9 heteroatoms. The van der Waals surface area contributed by atoms with E-state index in [4.69, 9.17) is 0 Å². The average Bonchev–Trinajstić information content (AvgIpc) is 3.04. The predicted octanol–water partition coefficient (Wildman–Crippen LogP) is 2.67. The van der Waals surface area contributed by atoms with Gasteiger partial charge in [-0.3, -0.25) is 19.3 Å². The zero-order valence-corrected chi connectivity index (χ0v) is 12.3. The summed E-state index contributed by atoms with van der Waals surface area (Å²) in [5.74, 6) is -1.31. The topological polar surface area (TPSA) is 68.1 Å². The van der Waals surface area contributed by atoms with Crippen molar-refractivity contribution in [3.8, 4) is 0 Å². The zero-order chi connectivity index (χ0) is 17.2. The summed E-state index contributed by atoms with van der Waals surface area (Å²) in [4.78, 5) is 28.8. The Kier molecular flexibility index (Phi) is 4.48. The molecule has 2 aromatic rings. The first kappa shape index (κ1) is 16.7. The van der Waals surface area contributed by atoms with Crippen molar-refractivity contribution in [2.24, 2.45) is 0 Å². The van der Waals surface area contributed by atoms with Gasteiger partial charge in [-0.15, -0.1) is 0 Å². The van der Waals surface area contributed by atoms with Crippen molar-refractivity contribution in [3.63, 3.8) is 0 Å². The Morgan fingerprint density at radius 1 is 1.17 bits per heavy atom. The van der Waals surface area contributed by atoms with Crippen LogP contribution in [0.5, 0.6) is 0 Å². The lowest BCUT2D eigenvalue weighted by atomic mass is 10.2. The van der Waals surface area contributed by atoms with E-state index in [1.165, 1.54) is 18.3 Å². The number of halogens is 3. The van der Waals surface area contributed by atoms with Crippen LogP contribution < -0.4 is 4.90 Å². The maximum atomic E-state index is 12.3. The number of pyridine rings is 1. The van der Waals surface area contributed by atoms with Gasteiger partial charge in [0.25, 0.3) is 11.8 Å². The summed E-state index contributed by atoms with van der Waals surface area (Å²) < 4.78 is 37.5. The number of fused-ring (bicyclic) bond motifs is 1. The molecule has 0 saturated heterocycles. The van der Waals surface area contributed by atoms with Gasteiger partial charge in [0.15, 0.2) is 0 Å². The van der Waals surface area contributed by atoms with Gasteiger partial charge < -0.3 is 0 Å². The van der Waals surface area contributed by atoms with E-state index < -0.39 is 24.5 Å². The number of carbonyl (C=O) groups is 2. The summed E-state index contributed by atoms with van der Waals surface area (Å²) in [5, 5.41) is 3.51. The number of alkyl halides is 3. The molecule has 3 rings (SSSR count). The maximum Gasteiger partial charge on any atom is 0.408 e. The van der Waals surface area contributed by atoms with E-state index in [0.717, 1.165) is 17.3 Å². The summed E-state index contributed by atoms with van der Waals surface area (Å²) in [6.45, 7) is 2.70. The first-order valence-electron chi connectivity index (χ1n) is 6.80. The highest BCUT2D eigenvalue weighted by molar-refractivity contribution is 6.33. The molecule has 0 bridgehead atoms. The van der Waals surface area contributed by atoms with Gasteiger partial charge in [-0.2, -0.15) is 18.3 Å². The Hall–Kier alpha value is -2.71. The number of rotatable bonds is 2. The van der Waals surface area contributed by atoms with Gasteiger partial charge in [0.2, 0.25) is 0 Å². The van der Waals surface area contributed by atoms with Crippen molar-refractivity contribution in [2.45, 2.75) is 26.6 Å². The standard InChI is InChI=1S/C12H7F3N4O2.C2H6/c13-12(14,15)6-18-5-7(4-17-18)19-10(20)8-2-1-3-16-9(8)11(19)21;1-2/h1-5H,6H2;1-2H3. The molecule has 0 aromatic carbocycles. The van der Waals surface area contributed by atoms with Crippen LogP contribution >= 0.6 is 0 Å². The van der Waals surface area contributed by atoms with E-state index in [2.05, 4.69) is 10.1 Å². The Morgan fingerprint density at radius 2 is 1.87 bits per heavy atom. The number of hydrogen-bond acceptors (Lipinski definition) is 4. The highest BCUT2D eigenvalue weighted by Crippen LogP contribution is 2.27. The summed E-state index contributed by atoms with van der Waals surface area (Å²) >= 11 is 0. The Balaban J connectivity index is 0.000000924. The highest BCUT2D eigenvalue weighted by Gasteiger charge is 2.38. The van der Waals surface area contributed by atoms with Gasteiger partial charge in [-0.1, -0.05) is 13.8 Å². The van der Waals surface area contributed by atoms with Crippen LogP contribution in [-0.2, 0) is 6.54 Å². The van der Waals surface area contributed by atoms with Crippen molar-refractivity contribution in [3.05, 3.63) is 42.0 Å². The minimum Gasteiger partial charge on any atom is -0.268 e. The van der Waals surface area contributed by atoms with Crippen LogP contribution in [-0.4, -0.2) is 32.8 Å². The molecule has 2 amide bonds. The highest BCUT2D eigenvalue weighted by atomic mass is 19.4. The van der Waals surface area contributed by atoms with Crippen molar-refractivity contribution < 1.29 is 22.8 Å². The number of hydrogen-bond donors (Lipinski definition) is 0. The Labute approximate surface area is 129 Å². The molecular formula is C14H13F3N4O2. The van der Waals surface area contributed by atoms with Gasteiger partial charge in [0.05, 0.1) is 17.4 Å². The lowest BCUT2D eigenvalue weighted by molar-refractivity contribution is -0.142. The third-order valence-electron chi connectivity index (χ3n) is 2.87. The SMILES string of the molecule is CC.O=C1c2cccnc2C(=O)N1c1cnn(CC(F)(F)F)c1. The second-order valence-corrected chi connectivity index (χ2v) is 4.36. The van der Waals surface area contributed by atoms with E-state index in [9.17, 15) is 22.8 Å². The molecule has 0 aliphatic carbocycles. The Morgan fingerprint density at radius 3 is 2.48 bits per heavy atom. The van der Waals surface area contributed by atoms with E-state index in [1.807, 2.05) is 13.8 Å². The third kappa shape index (κ3) is 3.22. The second-order valence-electron chi connectivity index (χ2n) is 4.36. The molecule has 0 unspecified atom stereocenters. The summed E-state index contributed by atoms with van der Waals surface area (Å²) in [6, 6.07) is 2.93. The summed E-state index contributed by atoms with van der Waals surface area (Å²) in [5.41, 5.74) is 0.0735. The average molecular weight is 326 g/mol. The Bertz CT molecular complexity index is 705. The first-order chi connectivity index (χ1) is 10.9. The number of carbonyl (C=O) groups excluding carboxylic acids is 2. The minimum atomic E-state index is -4.44. The second kappa shape index (κ2) is 6.19. The van der Waals surface area contributed by atoms with E-state index in [-0.39, 0.29) is 16.9 Å². The number of anilines is 1. The fourth-order valence-corrected chi connectivity index (χ4v) is 2.04. The van der Waals surface area contributed by atoms with Gasteiger partial charge >= 0.3 is 6.18 Å². The van der Waals surface area contributed by atoms with E-state index >= 15 is 0 Å². The van der Waals surface area contributed by atoms with Crippen molar-refractivity contribution in [1.82, 2.24) is 14.8 Å². The van der Waals surface area contributed by atoms with Crippen LogP contribution in [0, 0.1) is 0 Å². The summed E-state index contributed by atoms with van der Waals surface area (Å²) in [6.07, 6.45) is -1.05. The largest absolute Gasteiger partial charge is 0.408 e. The fraction of sp³-hybridized carbons (Fsp3) is 0.286. The van der Waals surface area contributed by atoms with Gasteiger partial charge in [0, 0.05) is 12.4 Å². The zero-order valence-electron chi connectivity index (χ0n) is 12.3. The fourth-order valence-electron chi connectivity index (χ4n) is 2.04. The van der Waals surface area contributed by atoms with Crippen LogP contribution in [0.2, 0.25) is 0 Å². The molecule has 0 spiro atoms. The molecule has 0 saturated carbocycles. The van der Waals surface area contributed by atoms with Crippen molar-refractivity contribution >= 4 is 17.5 Å². The van der Waals surface area contributed by atoms with Crippen LogP contribution in [0.1, 0.15) is 34.7 Å². The van der Waals surface area contributed by atoms with Crippen LogP contribution in [0.25, 0.3) is 0 Å². The molecule has 0 N–H and O–H groups in total. The third-order valence-corrected chi connectivity index (χ3v) is 2.87. The van der Waals surface area contributed by atoms with Gasteiger partial charge in [-0.25, -0.2) is 4.90 Å². The predicted molar refractivity (Wildman–Crippen MR) is 75.0 cm³/mol. The molecule has 0 fully saturated rings. The molecule has 1 aliphatic rings. The van der Waals surface area contributed by atoms with Crippen molar-refractivity contribution in [1.29, 1.82) is 0 Å². The summed E-state index contributed by atoms with van der Waals surface area (Å²) in [7, 11) is 0. The molecule has 122 valence electrons. The molecule has 0 atom stereocenters. The lowest BCUT2D eigenvalue weighted by Crippen LogP contribution is -2.29. The molecule has 3 heterocycles. The van der Waals surface area contributed by atoms with E-state index in [1.54, 1.807) is 0 Å². The number of nitrogens with zero attached hydrogens (tertiary/aromatic N) is 4. The van der Waals surface area contributed by atoms with Crippen molar-refractivity contribution in [2.75, 3.05) is 4.90 Å². The molecule has 23 heavy (non-hydrogen) atoms. The van der Waals surface area contributed by atoms with Gasteiger partial charge in [0.1, 0.15) is 12.2 Å². The number of amides is 2. The monoisotopic (exact) mass is 326 g/mol. The van der Waals surface area contributed by atoms with Crippen LogP contribution in [0.15, 0.2) is 30.7 Å². The smallest absolute Gasteiger partial charge is 0.268 e. The van der Waals surface area contributed by atoms with Gasteiger partial charge in [-0.05, 0) is 12.1 Å². The molecular weight excluding hydrogens is 313 g/mol. The molecule has 6 nitrogen and oxygen atoms in total. The lowest BCUT2D eigenvalue weighted by Gasteiger charge is -2.10. The number of imide groups is 1. The maximum absolute atomic E-state index is 12.3. The minimum absolute atomic E-state index is 0.0211. The molecule has 0 radical (unpaired) electrons. The quantitative estimate of drug-likeness (QED) is 0.796. The molecule has 2 aromatic heterocycles. The molecule has 1 aliphatic heterocycles. The van der Waals surface area contributed by atoms with E-state index in [0.29, 0.717) is 4.68 Å².